The van der Waals surface area contributed by atoms with Crippen LogP contribution in [-0.2, 0) is 6.54 Å². The first-order chi connectivity index (χ1) is 9.99. The molecule has 0 saturated carbocycles. The molecule has 8 heteroatoms. The lowest BCUT2D eigenvalue weighted by Crippen LogP contribution is -2.37. The fraction of sp³-hybridized carbons (Fsp3) is 0.154. The lowest BCUT2D eigenvalue weighted by atomic mass is 10.2. The fourth-order valence-electron chi connectivity index (χ4n) is 1.82. The number of aromatic nitrogens is 2. The van der Waals surface area contributed by atoms with Crippen LogP contribution in [0.15, 0.2) is 34.5 Å². The normalized spacial score (nSPS) is 11.0. The van der Waals surface area contributed by atoms with Gasteiger partial charge in [-0.15, -0.1) is 5.10 Å². The van der Waals surface area contributed by atoms with Crippen LogP contribution in [0.1, 0.15) is 16.8 Å². The molecule has 0 bridgehead atoms. The summed E-state index contributed by atoms with van der Waals surface area (Å²) in [5, 5.41) is 11.7. The van der Waals surface area contributed by atoms with Gasteiger partial charge in [-0.2, -0.15) is 10.2 Å². The molecule has 0 amide bonds. The molecule has 0 radical (unpaired) electrons. The minimum absolute atomic E-state index is 0.112. The maximum atomic E-state index is 6.33. The number of aromatic amines is 1. The molecule has 21 heavy (non-hydrogen) atoms. The van der Waals surface area contributed by atoms with E-state index in [2.05, 4.69) is 15.3 Å². The minimum Gasteiger partial charge on any atom is -0.369 e. The summed E-state index contributed by atoms with van der Waals surface area (Å²) in [6.07, 6.45) is 1.50. The predicted molar refractivity (Wildman–Crippen MR) is 84.7 cm³/mol. The van der Waals surface area contributed by atoms with Crippen molar-refractivity contribution in [2.24, 2.45) is 21.7 Å². The Kier molecular flexibility index (Phi) is 4.82. The summed E-state index contributed by atoms with van der Waals surface area (Å²) in [6, 6.07) is 7.58. The topological polar surface area (TPSA) is 96.4 Å². The van der Waals surface area contributed by atoms with Crippen molar-refractivity contribution in [2.45, 2.75) is 13.5 Å². The third-order valence-corrected chi connectivity index (χ3v) is 3.59. The van der Waals surface area contributed by atoms with E-state index < -0.39 is 0 Å². The molecular formula is C13H15Cl2N6+. The first kappa shape index (κ1) is 15.3. The Labute approximate surface area is 132 Å². The average Bonchev–Trinajstić information content (AvgIpc) is 2.68. The van der Waals surface area contributed by atoms with Crippen molar-refractivity contribution in [3.05, 3.63) is 51.3 Å². The summed E-state index contributed by atoms with van der Waals surface area (Å²) >= 11 is 12.5. The zero-order chi connectivity index (χ0) is 15.4. The Morgan fingerprint density at radius 3 is 2.71 bits per heavy atom. The second-order valence-electron chi connectivity index (χ2n) is 4.39. The second kappa shape index (κ2) is 6.60. The van der Waals surface area contributed by atoms with E-state index in [9.17, 15) is 0 Å². The summed E-state index contributed by atoms with van der Waals surface area (Å²) < 4.78 is 1.77. The molecule has 110 valence electrons. The molecule has 0 spiro atoms. The molecule has 5 N–H and O–H groups in total. The molecule has 0 aliphatic rings. The fourth-order valence-corrected chi connectivity index (χ4v) is 2.31. The van der Waals surface area contributed by atoms with Crippen molar-refractivity contribution in [2.75, 3.05) is 0 Å². The molecule has 1 aromatic heterocycles. The number of rotatable bonds is 4. The number of halogens is 2. The van der Waals surface area contributed by atoms with Crippen LogP contribution in [0.5, 0.6) is 0 Å². The summed E-state index contributed by atoms with van der Waals surface area (Å²) in [5.41, 5.74) is 12.9. The lowest BCUT2D eigenvalue weighted by Gasteiger charge is -1.98. The van der Waals surface area contributed by atoms with Crippen LogP contribution in [0.2, 0.25) is 10.2 Å². The van der Waals surface area contributed by atoms with Gasteiger partial charge in [-0.25, -0.2) is 0 Å². The molecule has 2 aromatic rings. The molecule has 0 unspecified atom stereocenters. The highest BCUT2D eigenvalue weighted by Gasteiger charge is 2.21. The average molecular weight is 326 g/mol. The molecule has 1 aromatic carbocycles. The second-order valence-corrected chi connectivity index (χ2v) is 5.15. The van der Waals surface area contributed by atoms with E-state index in [0.717, 1.165) is 11.3 Å². The van der Waals surface area contributed by atoms with Gasteiger partial charge in [0.1, 0.15) is 5.56 Å². The number of hydrogen-bond acceptors (Lipinski definition) is 2. The first-order valence-corrected chi connectivity index (χ1v) is 6.88. The van der Waals surface area contributed by atoms with Crippen LogP contribution in [0, 0.1) is 6.92 Å². The number of nitrogens with zero attached hydrogens (tertiary/aromatic N) is 3. The summed E-state index contributed by atoms with van der Waals surface area (Å²) in [6.45, 7) is 2.40. The van der Waals surface area contributed by atoms with Crippen molar-refractivity contribution in [3.8, 4) is 0 Å². The van der Waals surface area contributed by atoms with Crippen LogP contribution >= 0.6 is 23.2 Å². The number of nitrogens with one attached hydrogen (secondary N) is 1. The number of benzene rings is 1. The zero-order valence-corrected chi connectivity index (χ0v) is 12.9. The Morgan fingerprint density at radius 1 is 1.33 bits per heavy atom. The van der Waals surface area contributed by atoms with E-state index in [1.165, 1.54) is 6.21 Å². The minimum atomic E-state index is -0.112. The van der Waals surface area contributed by atoms with Crippen molar-refractivity contribution >= 4 is 35.4 Å². The van der Waals surface area contributed by atoms with Gasteiger partial charge < -0.3 is 11.5 Å². The van der Waals surface area contributed by atoms with Crippen LogP contribution in [0.25, 0.3) is 0 Å². The summed E-state index contributed by atoms with van der Waals surface area (Å²) in [7, 11) is 0. The van der Waals surface area contributed by atoms with E-state index in [1.807, 2.05) is 31.2 Å². The molecule has 0 aliphatic heterocycles. The van der Waals surface area contributed by atoms with Gasteiger partial charge in [0.05, 0.1) is 16.9 Å². The summed E-state index contributed by atoms with van der Waals surface area (Å²) in [4.78, 5) is 0. The highest BCUT2D eigenvalue weighted by molar-refractivity contribution is 6.31. The van der Waals surface area contributed by atoms with Gasteiger partial charge in [0, 0.05) is 5.56 Å². The van der Waals surface area contributed by atoms with E-state index in [0.29, 0.717) is 22.3 Å². The van der Waals surface area contributed by atoms with E-state index >= 15 is 0 Å². The van der Waals surface area contributed by atoms with E-state index in [4.69, 9.17) is 34.7 Å². The molecule has 0 fully saturated rings. The Bertz CT molecular complexity index is 701. The maximum Gasteiger partial charge on any atom is 0.309 e. The largest absolute Gasteiger partial charge is 0.369 e. The van der Waals surface area contributed by atoms with Crippen molar-refractivity contribution in [1.29, 1.82) is 0 Å². The van der Waals surface area contributed by atoms with Crippen molar-refractivity contribution in [1.82, 2.24) is 5.10 Å². The number of aryl methyl sites for hydroxylation is 1. The van der Waals surface area contributed by atoms with Crippen LogP contribution in [0.3, 0.4) is 0 Å². The Hall–Kier alpha value is -2.05. The quantitative estimate of drug-likeness (QED) is 0.344. The third kappa shape index (κ3) is 3.74. The Morgan fingerprint density at radius 2 is 2.05 bits per heavy atom. The molecule has 6 nitrogen and oxygen atoms in total. The zero-order valence-electron chi connectivity index (χ0n) is 11.3. The molecule has 0 aliphatic carbocycles. The van der Waals surface area contributed by atoms with E-state index in [1.54, 1.807) is 4.68 Å². The number of H-pyrrole nitrogens is 1. The number of nitrogens with two attached hydrogens (primary N) is 2. The van der Waals surface area contributed by atoms with Gasteiger partial charge in [0.25, 0.3) is 0 Å². The monoisotopic (exact) mass is 325 g/mol. The van der Waals surface area contributed by atoms with Gasteiger partial charge in [-0.1, -0.05) is 34.5 Å². The van der Waals surface area contributed by atoms with Crippen LogP contribution < -0.4 is 16.1 Å². The van der Waals surface area contributed by atoms with E-state index in [-0.39, 0.29) is 5.96 Å². The highest BCUT2D eigenvalue weighted by atomic mass is 35.5. The number of hydrogen-bond donors (Lipinski definition) is 3. The van der Waals surface area contributed by atoms with Crippen LogP contribution in [-0.4, -0.2) is 17.3 Å². The first-order valence-electron chi connectivity index (χ1n) is 6.12. The third-order valence-electron chi connectivity index (χ3n) is 2.81. The summed E-state index contributed by atoms with van der Waals surface area (Å²) in [5.74, 6) is -0.112. The van der Waals surface area contributed by atoms with Crippen molar-refractivity contribution in [3.63, 3.8) is 0 Å². The van der Waals surface area contributed by atoms with Crippen LogP contribution in [0.4, 0.5) is 0 Å². The van der Waals surface area contributed by atoms with Gasteiger partial charge in [-0.3, -0.25) is 0 Å². The molecule has 0 atom stereocenters. The standard InChI is InChI=1S/C13H14Cl2N6/c1-8-10(6-18-19-13(16)17)12(15)21(20-8)7-9-4-2-3-5-11(9)14/h2-6H,7H2,1H3,(H4,16,17,19)/p+1/b18-6+. The molecular weight excluding hydrogens is 311 g/mol. The highest BCUT2D eigenvalue weighted by Crippen LogP contribution is 2.17. The van der Waals surface area contributed by atoms with Gasteiger partial charge in [0.15, 0.2) is 6.54 Å². The molecule has 2 rings (SSSR count). The van der Waals surface area contributed by atoms with Gasteiger partial charge >= 0.3 is 5.15 Å². The van der Waals surface area contributed by atoms with Gasteiger partial charge in [0.2, 0.25) is 5.96 Å². The lowest BCUT2D eigenvalue weighted by molar-refractivity contribution is -0.740. The van der Waals surface area contributed by atoms with Crippen molar-refractivity contribution < 1.29 is 4.68 Å². The SMILES string of the molecule is Cc1[nH][n+](Cc2ccccc2Cl)c(Cl)c1/C=N/N=C(N)N. The predicted octanol–water partition coefficient (Wildman–Crippen LogP) is 1.57. The number of guanidine groups is 1. The smallest absolute Gasteiger partial charge is 0.309 e. The Balaban J connectivity index is 2.29. The maximum absolute atomic E-state index is 6.33. The van der Waals surface area contributed by atoms with Gasteiger partial charge in [-0.05, 0) is 24.6 Å². The molecule has 0 saturated heterocycles. The molecule has 1 heterocycles.